The summed E-state index contributed by atoms with van der Waals surface area (Å²) in [5, 5.41) is 13.0. The molecule has 7 rings (SSSR count). The van der Waals surface area contributed by atoms with Crippen LogP contribution < -0.4 is 10.1 Å². The van der Waals surface area contributed by atoms with Crippen molar-refractivity contribution in [2.24, 2.45) is 0 Å². The van der Waals surface area contributed by atoms with Crippen molar-refractivity contribution in [2.75, 3.05) is 13.1 Å². The van der Waals surface area contributed by atoms with Crippen LogP contribution in [0.3, 0.4) is 0 Å². The molecule has 182 valence electrons. The van der Waals surface area contributed by atoms with E-state index in [1.165, 1.54) is 0 Å². The third-order valence-electron chi connectivity index (χ3n) is 6.79. The van der Waals surface area contributed by atoms with Crippen molar-refractivity contribution in [3.8, 4) is 39.5 Å². The zero-order valence-electron chi connectivity index (χ0n) is 20.0. The molecule has 7 heterocycles. The van der Waals surface area contributed by atoms with Crippen molar-refractivity contribution in [3.63, 3.8) is 0 Å². The lowest BCUT2D eigenvalue weighted by Crippen LogP contribution is -2.34. The Bertz CT molecular complexity index is 1700. The zero-order valence-corrected chi connectivity index (χ0v) is 20.0. The normalized spacial score (nSPS) is 14.4. The summed E-state index contributed by atoms with van der Waals surface area (Å²) in [6, 6.07) is 12.1. The maximum atomic E-state index is 6.21. The van der Waals surface area contributed by atoms with Crippen molar-refractivity contribution in [3.05, 3.63) is 73.6 Å². The minimum Gasteiger partial charge on any atom is -0.489 e. The predicted molar refractivity (Wildman–Crippen MR) is 142 cm³/mol. The van der Waals surface area contributed by atoms with Gasteiger partial charge in [0.05, 0.1) is 17.6 Å². The molecule has 1 aliphatic rings. The first-order valence-electron chi connectivity index (χ1n) is 12.4. The van der Waals surface area contributed by atoms with Gasteiger partial charge in [-0.05, 0) is 62.3 Å². The van der Waals surface area contributed by atoms with Gasteiger partial charge in [-0.25, -0.2) is 4.98 Å². The Morgan fingerprint density at radius 2 is 1.68 bits per heavy atom. The maximum Gasteiger partial charge on any atom is 0.155 e. The SMILES string of the molecule is c1cncc(-c2nccc3[nH]c(-c4n[nH]c5ncc(-c6cncc(OC7CCNCC7)c6)cc45)cc23)c1. The molecule has 1 saturated heterocycles. The number of pyridine rings is 4. The minimum absolute atomic E-state index is 0.215. The van der Waals surface area contributed by atoms with Gasteiger partial charge in [-0.3, -0.25) is 20.1 Å². The smallest absolute Gasteiger partial charge is 0.155 e. The average molecular weight is 489 g/mol. The van der Waals surface area contributed by atoms with E-state index in [9.17, 15) is 0 Å². The molecule has 3 N–H and O–H groups in total. The highest BCUT2D eigenvalue weighted by Crippen LogP contribution is 2.34. The second kappa shape index (κ2) is 9.11. The Labute approximate surface area is 212 Å². The van der Waals surface area contributed by atoms with Crippen LogP contribution in [0, 0.1) is 0 Å². The van der Waals surface area contributed by atoms with Gasteiger partial charge in [0.15, 0.2) is 5.65 Å². The second-order valence-electron chi connectivity index (χ2n) is 9.21. The van der Waals surface area contributed by atoms with E-state index in [1.807, 2.05) is 42.9 Å². The Morgan fingerprint density at radius 1 is 0.784 bits per heavy atom. The van der Waals surface area contributed by atoms with Gasteiger partial charge in [-0.2, -0.15) is 5.10 Å². The molecular formula is C28H24N8O. The topological polar surface area (TPSA) is 117 Å². The summed E-state index contributed by atoms with van der Waals surface area (Å²) in [5.41, 5.74) is 7.14. The van der Waals surface area contributed by atoms with Gasteiger partial charge in [0.2, 0.25) is 0 Å². The fourth-order valence-electron chi connectivity index (χ4n) is 4.93. The molecule has 6 aromatic rings. The van der Waals surface area contributed by atoms with Crippen LogP contribution in [0.2, 0.25) is 0 Å². The van der Waals surface area contributed by atoms with Gasteiger partial charge in [0.25, 0.3) is 0 Å². The van der Waals surface area contributed by atoms with E-state index in [2.05, 4.69) is 52.6 Å². The van der Waals surface area contributed by atoms with Crippen LogP contribution in [0.15, 0.2) is 73.6 Å². The summed E-state index contributed by atoms with van der Waals surface area (Å²) in [4.78, 5) is 21.4. The number of piperidine rings is 1. The van der Waals surface area contributed by atoms with Crippen LogP contribution in [-0.2, 0) is 0 Å². The first-order chi connectivity index (χ1) is 18.3. The third kappa shape index (κ3) is 4.09. The van der Waals surface area contributed by atoms with E-state index in [1.54, 1.807) is 18.6 Å². The van der Waals surface area contributed by atoms with Gasteiger partial charge < -0.3 is 15.0 Å². The van der Waals surface area contributed by atoms with Crippen molar-refractivity contribution >= 4 is 21.9 Å². The van der Waals surface area contributed by atoms with Gasteiger partial charge in [-0.1, -0.05) is 0 Å². The number of hydrogen-bond donors (Lipinski definition) is 3. The molecule has 1 aliphatic heterocycles. The lowest BCUT2D eigenvalue weighted by atomic mass is 10.1. The molecule has 0 atom stereocenters. The number of aromatic amines is 2. The van der Waals surface area contributed by atoms with Crippen molar-refractivity contribution < 1.29 is 4.74 Å². The van der Waals surface area contributed by atoms with Gasteiger partial charge in [-0.15, -0.1) is 0 Å². The van der Waals surface area contributed by atoms with Gasteiger partial charge in [0.1, 0.15) is 17.5 Å². The molecule has 37 heavy (non-hydrogen) atoms. The fourth-order valence-corrected chi connectivity index (χ4v) is 4.93. The number of nitrogens with one attached hydrogen (secondary N) is 3. The zero-order chi connectivity index (χ0) is 24.6. The molecule has 0 aliphatic carbocycles. The fraction of sp³-hybridized carbons (Fsp3) is 0.179. The highest BCUT2D eigenvalue weighted by atomic mass is 16.5. The van der Waals surface area contributed by atoms with Gasteiger partial charge in [0, 0.05) is 64.0 Å². The molecule has 0 saturated carbocycles. The molecule has 1 fully saturated rings. The molecule has 9 heteroatoms. The van der Waals surface area contributed by atoms with Crippen LogP contribution in [-0.4, -0.2) is 54.3 Å². The second-order valence-corrected chi connectivity index (χ2v) is 9.21. The van der Waals surface area contributed by atoms with Crippen LogP contribution in [0.4, 0.5) is 0 Å². The van der Waals surface area contributed by atoms with Crippen molar-refractivity contribution in [1.82, 2.24) is 40.4 Å². The van der Waals surface area contributed by atoms with E-state index in [0.29, 0.717) is 0 Å². The quantitative estimate of drug-likeness (QED) is 0.320. The maximum absolute atomic E-state index is 6.21. The van der Waals surface area contributed by atoms with E-state index in [-0.39, 0.29) is 6.10 Å². The highest BCUT2D eigenvalue weighted by Gasteiger charge is 2.17. The Balaban J connectivity index is 1.26. The van der Waals surface area contributed by atoms with E-state index >= 15 is 0 Å². The minimum atomic E-state index is 0.215. The number of hydrogen-bond acceptors (Lipinski definition) is 7. The molecule has 9 nitrogen and oxygen atoms in total. The first-order valence-corrected chi connectivity index (χ1v) is 12.4. The number of nitrogens with zero attached hydrogens (tertiary/aromatic N) is 5. The Kier molecular flexibility index (Phi) is 5.32. The lowest BCUT2D eigenvalue weighted by molar-refractivity contribution is 0.162. The van der Waals surface area contributed by atoms with Crippen LogP contribution in [0.5, 0.6) is 5.75 Å². The molecule has 6 aromatic heterocycles. The van der Waals surface area contributed by atoms with E-state index in [0.717, 1.165) is 87.4 Å². The summed E-state index contributed by atoms with van der Waals surface area (Å²) in [5.74, 6) is 0.781. The molecule has 0 unspecified atom stereocenters. The standard InChI is InChI=1S/C28H24N8O/c1-2-17(13-30-6-1)26-22-12-25(34-24(22)5-9-32-26)27-23-11-19(15-33-28(23)36-35-27)18-10-21(16-31-14-18)37-20-3-7-29-8-4-20/h1-2,5-6,9-16,20,29,34H,3-4,7-8H2,(H,33,35,36). The Morgan fingerprint density at radius 3 is 2.57 bits per heavy atom. The van der Waals surface area contributed by atoms with E-state index in [4.69, 9.17) is 4.74 Å². The largest absolute Gasteiger partial charge is 0.489 e. The summed E-state index contributed by atoms with van der Waals surface area (Å²) in [6.45, 7) is 1.96. The summed E-state index contributed by atoms with van der Waals surface area (Å²) in [7, 11) is 0. The van der Waals surface area contributed by atoms with Gasteiger partial charge >= 0.3 is 0 Å². The third-order valence-corrected chi connectivity index (χ3v) is 6.79. The monoisotopic (exact) mass is 488 g/mol. The molecule has 0 bridgehead atoms. The van der Waals surface area contributed by atoms with Crippen molar-refractivity contribution in [2.45, 2.75) is 18.9 Å². The molecular weight excluding hydrogens is 464 g/mol. The number of H-pyrrole nitrogens is 2. The van der Waals surface area contributed by atoms with Crippen LogP contribution in [0.1, 0.15) is 12.8 Å². The molecule has 0 aromatic carbocycles. The lowest BCUT2D eigenvalue weighted by Gasteiger charge is -2.23. The average Bonchev–Trinajstić information content (AvgIpc) is 3.58. The number of aromatic nitrogens is 7. The highest BCUT2D eigenvalue weighted by molar-refractivity contribution is 5.99. The Hall–Kier alpha value is -4.63. The number of fused-ring (bicyclic) bond motifs is 2. The summed E-state index contributed by atoms with van der Waals surface area (Å²) in [6.07, 6.45) is 13.1. The van der Waals surface area contributed by atoms with Crippen LogP contribution in [0.25, 0.3) is 55.7 Å². The van der Waals surface area contributed by atoms with E-state index < -0.39 is 0 Å². The summed E-state index contributed by atoms with van der Waals surface area (Å²) >= 11 is 0. The molecule has 0 radical (unpaired) electrons. The van der Waals surface area contributed by atoms with Crippen molar-refractivity contribution in [1.29, 1.82) is 0 Å². The number of rotatable bonds is 5. The van der Waals surface area contributed by atoms with Crippen LogP contribution >= 0.6 is 0 Å². The number of ether oxygens (including phenoxy) is 1. The predicted octanol–water partition coefficient (Wildman–Crippen LogP) is 4.76. The molecule has 0 amide bonds. The first kappa shape index (κ1) is 21.6. The summed E-state index contributed by atoms with van der Waals surface area (Å²) < 4.78 is 6.21. The molecule has 0 spiro atoms.